The molecule has 6 heteroatoms. The highest BCUT2D eigenvalue weighted by Gasteiger charge is 2.22. The number of methoxy groups -OCH3 is 2. The van der Waals surface area contributed by atoms with Crippen LogP contribution in [0.25, 0.3) is 0 Å². The molecule has 0 N–H and O–H groups in total. The van der Waals surface area contributed by atoms with Crippen LogP contribution in [-0.4, -0.2) is 36.3 Å². The van der Waals surface area contributed by atoms with E-state index < -0.39 is 11.7 Å². The lowest BCUT2D eigenvalue weighted by atomic mass is 10.0. The molecule has 1 aromatic carbocycles. The van der Waals surface area contributed by atoms with E-state index in [0.717, 1.165) is 5.56 Å². The van der Waals surface area contributed by atoms with Gasteiger partial charge in [-0.05, 0) is 51.0 Å². The second-order valence-corrected chi connectivity index (χ2v) is 6.84. The van der Waals surface area contributed by atoms with Crippen LogP contribution in [0.2, 0.25) is 0 Å². The fourth-order valence-corrected chi connectivity index (χ4v) is 2.51. The second-order valence-electron chi connectivity index (χ2n) is 6.84. The third kappa shape index (κ3) is 4.88. The zero-order chi connectivity index (χ0) is 19.3. The number of rotatable bonds is 6. The highest BCUT2D eigenvalue weighted by molar-refractivity contribution is 5.97. The van der Waals surface area contributed by atoms with E-state index in [1.165, 1.54) is 10.8 Å². The van der Waals surface area contributed by atoms with E-state index in [-0.39, 0.29) is 12.2 Å². The van der Waals surface area contributed by atoms with Gasteiger partial charge in [0.15, 0.2) is 5.78 Å². The predicted molar refractivity (Wildman–Crippen MR) is 98.3 cm³/mol. The maximum absolute atomic E-state index is 12.6. The van der Waals surface area contributed by atoms with Crippen molar-refractivity contribution in [3.63, 3.8) is 0 Å². The van der Waals surface area contributed by atoms with Crippen LogP contribution in [-0.2, 0) is 11.2 Å². The number of nitrogens with zero attached hydrogens (tertiary/aromatic N) is 1. The molecule has 26 heavy (non-hydrogen) atoms. The third-order valence-electron chi connectivity index (χ3n) is 3.74. The van der Waals surface area contributed by atoms with Gasteiger partial charge in [0.25, 0.3) is 0 Å². The van der Waals surface area contributed by atoms with Crippen molar-refractivity contribution in [3.8, 4) is 11.5 Å². The molecule has 2 aromatic rings. The summed E-state index contributed by atoms with van der Waals surface area (Å²) in [6.45, 7) is 5.35. The van der Waals surface area contributed by atoms with E-state index in [1.807, 2.05) is 12.1 Å². The van der Waals surface area contributed by atoms with Gasteiger partial charge in [0.2, 0.25) is 0 Å². The van der Waals surface area contributed by atoms with E-state index in [2.05, 4.69) is 0 Å². The van der Waals surface area contributed by atoms with Crippen molar-refractivity contribution in [2.45, 2.75) is 39.2 Å². The van der Waals surface area contributed by atoms with E-state index in [1.54, 1.807) is 53.2 Å². The van der Waals surface area contributed by atoms with Crippen LogP contribution in [0.4, 0.5) is 4.79 Å². The Morgan fingerprint density at radius 3 is 2.42 bits per heavy atom. The molecule has 0 aliphatic rings. The smallest absolute Gasteiger partial charge is 0.419 e. The Kier molecular flexibility index (Phi) is 6.08. The maximum Gasteiger partial charge on any atom is 0.419 e. The number of carbonyl (C=O) groups excluding carboxylic acids is 2. The lowest BCUT2D eigenvalue weighted by Crippen LogP contribution is -2.28. The minimum Gasteiger partial charge on any atom is -0.497 e. The molecule has 0 bridgehead atoms. The first kappa shape index (κ1) is 19.6. The van der Waals surface area contributed by atoms with Gasteiger partial charge in [-0.3, -0.25) is 4.79 Å². The molecule has 0 aliphatic carbocycles. The fraction of sp³-hybridized carbons (Fsp3) is 0.400. The summed E-state index contributed by atoms with van der Waals surface area (Å²) in [5, 5.41) is 0. The van der Waals surface area contributed by atoms with Gasteiger partial charge < -0.3 is 14.2 Å². The molecule has 140 valence electrons. The van der Waals surface area contributed by atoms with Crippen molar-refractivity contribution in [2.75, 3.05) is 14.2 Å². The van der Waals surface area contributed by atoms with Crippen LogP contribution in [0, 0.1) is 0 Å². The number of carbonyl (C=O) groups is 2. The summed E-state index contributed by atoms with van der Waals surface area (Å²) in [4.78, 5) is 24.8. The lowest BCUT2D eigenvalue weighted by Gasteiger charge is -2.20. The van der Waals surface area contributed by atoms with E-state index in [0.29, 0.717) is 23.6 Å². The van der Waals surface area contributed by atoms with Crippen LogP contribution in [0.15, 0.2) is 36.5 Å². The summed E-state index contributed by atoms with van der Waals surface area (Å²) >= 11 is 0. The van der Waals surface area contributed by atoms with Gasteiger partial charge in [-0.2, -0.15) is 0 Å². The zero-order valence-electron chi connectivity index (χ0n) is 15.9. The lowest BCUT2D eigenvalue weighted by molar-refractivity contribution is 0.0528. The highest BCUT2D eigenvalue weighted by Crippen LogP contribution is 2.26. The Balaban J connectivity index is 2.10. The Hall–Kier alpha value is -2.76. The molecule has 0 atom stereocenters. The van der Waals surface area contributed by atoms with Crippen molar-refractivity contribution >= 4 is 11.9 Å². The molecule has 0 saturated carbocycles. The topological polar surface area (TPSA) is 66.8 Å². The van der Waals surface area contributed by atoms with Gasteiger partial charge in [0.1, 0.15) is 17.1 Å². The van der Waals surface area contributed by atoms with Crippen molar-refractivity contribution in [2.24, 2.45) is 0 Å². The molecule has 2 rings (SSSR count). The number of Topliss-reactive ketones (excluding diaryl/α,β-unsaturated/α-hetero) is 1. The number of ether oxygens (including phenoxy) is 3. The molecular formula is C20H25NO5. The van der Waals surface area contributed by atoms with Crippen molar-refractivity contribution in [1.29, 1.82) is 0 Å². The summed E-state index contributed by atoms with van der Waals surface area (Å²) < 4.78 is 17.1. The average molecular weight is 359 g/mol. The monoisotopic (exact) mass is 359 g/mol. The van der Waals surface area contributed by atoms with Crippen molar-refractivity contribution < 1.29 is 23.8 Å². The van der Waals surface area contributed by atoms with E-state index >= 15 is 0 Å². The minimum atomic E-state index is -0.627. The largest absolute Gasteiger partial charge is 0.497 e. The molecule has 0 amide bonds. The SMILES string of the molecule is COc1ccc(CCC(=O)c2cccn2C(=O)OC(C)(C)C)c(OC)c1. The number of hydrogen-bond donors (Lipinski definition) is 0. The molecule has 0 unspecified atom stereocenters. The first-order chi connectivity index (χ1) is 12.2. The zero-order valence-corrected chi connectivity index (χ0v) is 15.9. The molecule has 6 nitrogen and oxygen atoms in total. The molecule has 0 aliphatic heterocycles. The predicted octanol–water partition coefficient (Wildman–Crippen LogP) is 4.10. The normalized spacial score (nSPS) is 11.1. The highest BCUT2D eigenvalue weighted by atomic mass is 16.6. The van der Waals surface area contributed by atoms with Gasteiger partial charge in [-0.1, -0.05) is 6.07 Å². The summed E-state index contributed by atoms with van der Waals surface area (Å²) in [6, 6.07) is 8.76. The number of ketones is 1. The quantitative estimate of drug-likeness (QED) is 0.726. The number of benzene rings is 1. The van der Waals surface area contributed by atoms with Crippen LogP contribution < -0.4 is 9.47 Å². The van der Waals surface area contributed by atoms with Gasteiger partial charge in [-0.15, -0.1) is 0 Å². The molecular weight excluding hydrogens is 334 g/mol. The summed E-state index contributed by atoms with van der Waals surface area (Å²) in [7, 11) is 3.16. The molecule has 0 saturated heterocycles. The first-order valence-electron chi connectivity index (χ1n) is 8.40. The second kappa shape index (κ2) is 8.08. The Morgan fingerprint density at radius 2 is 1.81 bits per heavy atom. The molecule has 1 heterocycles. The van der Waals surface area contributed by atoms with E-state index in [9.17, 15) is 9.59 Å². The van der Waals surface area contributed by atoms with Crippen LogP contribution in [0.1, 0.15) is 43.2 Å². The van der Waals surface area contributed by atoms with Crippen LogP contribution in [0.3, 0.4) is 0 Å². The van der Waals surface area contributed by atoms with Gasteiger partial charge >= 0.3 is 6.09 Å². The Morgan fingerprint density at radius 1 is 1.08 bits per heavy atom. The minimum absolute atomic E-state index is 0.140. The number of hydrogen-bond acceptors (Lipinski definition) is 5. The molecule has 0 radical (unpaired) electrons. The number of aryl methyl sites for hydroxylation is 1. The summed E-state index contributed by atoms with van der Waals surface area (Å²) in [6.07, 6.45) is 1.71. The summed E-state index contributed by atoms with van der Waals surface area (Å²) in [5.74, 6) is 1.22. The number of aromatic nitrogens is 1. The fourth-order valence-electron chi connectivity index (χ4n) is 2.51. The molecule has 0 spiro atoms. The van der Waals surface area contributed by atoms with Crippen LogP contribution >= 0.6 is 0 Å². The summed E-state index contributed by atoms with van der Waals surface area (Å²) in [5.41, 5.74) is 0.585. The first-order valence-corrected chi connectivity index (χ1v) is 8.40. The van der Waals surface area contributed by atoms with Crippen molar-refractivity contribution in [1.82, 2.24) is 4.57 Å². The van der Waals surface area contributed by atoms with Crippen LogP contribution in [0.5, 0.6) is 11.5 Å². The van der Waals surface area contributed by atoms with Gasteiger partial charge in [-0.25, -0.2) is 9.36 Å². The van der Waals surface area contributed by atoms with Gasteiger partial charge in [0, 0.05) is 18.7 Å². The van der Waals surface area contributed by atoms with Crippen molar-refractivity contribution in [3.05, 3.63) is 47.8 Å². The standard InChI is InChI=1S/C20H25NO5/c1-20(2,3)26-19(23)21-12-6-7-16(21)17(22)11-9-14-8-10-15(24-4)13-18(14)25-5/h6-8,10,12-13H,9,11H2,1-5H3. The average Bonchev–Trinajstić information content (AvgIpc) is 3.08. The Bertz CT molecular complexity index is 786. The third-order valence-corrected chi connectivity index (χ3v) is 3.74. The molecule has 1 aromatic heterocycles. The Labute approximate surface area is 153 Å². The van der Waals surface area contributed by atoms with E-state index in [4.69, 9.17) is 14.2 Å². The molecule has 0 fully saturated rings. The van der Waals surface area contributed by atoms with Gasteiger partial charge in [0.05, 0.1) is 19.9 Å². The maximum atomic E-state index is 12.6.